The highest BCUT2D eigenvalue weighted by molar-refractivity contribution is 6.05. The van der Waals surface area contributed by atoms with Crippen LogP contribution in [0.25, 0.3) is 21.5 Å². The molecule has 414 valence electrons. The molecule has 0 amide bonds. The summed E-state index contributed by atoms with van der Waals surface area (Å²) < 4.78 is 83.1. The van der Waals surface area contributed by atoms with E-state index in [1.165, 1.54) is 0 Å². The van der Waals surface area contributed by atoms with Gasteiger partial charge in [0.2, 0.25) is 0 Å². The van der Waals surface area contributed by atoms with Gasteiger partial charge in [0.1, 0.15) is 95.4 Å². The highest BCUT2D eigenvalue weighted by Crippen LogP contribution is 2.36. The van der Waals surface area contributed by atoms with Crippen LogP contribution in [-0.4, -0.2) is 56.9 Å². The van der Waals surface area contributed by atoms with Crippen molar-refractivity contribution >= 4 is 21.5 Å². The molecule has 0 saturated carbocycles. The Kier molecular flexibility index (Phi) is 18.9. The number of ether oxygens (including phenoxy) is 14. The maximum absolute atomic E-state index is 6.67. The van der Waals surface area contributed by atoms with Gasteiger partial charge in [-0.25, -0.2) is 0 Å². The summed E-state index contributed by atoms with van der Waals surface area (Å²) >= 11 is 0. The Balaban J connectivity index is 0.946. The lowest BCUT2D eigenvalue weighted by molar-refractivity contribution is 0.107. The minimum absolute atomic E-state index is 0.261. The molecule has 0 aliphatic rings. The molecule has 14 heteroatoms. The summed E-state index contributed by atoms with van der Waals surface area (Å²) in [5.74, 6) is 7.80. The highest BCUT2D eigenvalue weighted by atomic mass is 16.5. The van der Waals surface area contributed by atoms with Gasteiger partial charge in [-0.1, -0.05) is 48.5 Å². The smallest absolute Gasteiger partial charge is 0.123 e. The van der Waals surface area contributed by atoms with E-state index in [9.17, 15) is 0 Å². The molecule has 9 rings (SSSR count). The fourth-order valence-corrected chi connectivity index (χ4v) is 9.39. The molecule has 80 heavy (non-hydrogen) atoms. The van der Waals surface area contributed by atoms with Gasteiger partial charge in [0.05, 0.1) is 83.3 Å². The molecule has 9 aromatic rings. The van der Waals surface area contributed by atoms with E-state index in [0.717, 1.165) is 66.1 Å². The van der Waals surface area contributed by atoms with Crippen molar-refractivity contribution in [3.63, 3.8) is 0 Å². The quantitative estimate of drug-likeness (QED) is 0.0431. The number of benzene rings is 9. The SMILES string of the molecule is COc1cc(COc2cc(COCc3c4ccccc4c(COCc4cc(OCc5cc(OC)cc(OC)c5)cc(OCc5cc(OC)cc(OC)c5)c4)c4ccccc34)cc(OCc3cc(OC)cc(OC)c3)c2)cc(OC)c1. The zero-order valence-electron chi connectivity index (χ0n) is 46.4. The van der Waals surface area contributed by atoms with E-state index < -0.39 is 0 Å². The maximum Gasteiger partial charge on any atom is 0.123 e. The van der Waals surface area contributed by atoms with E-state index in [4.69, 9.17) is 66.3 Å². The molecule has 0 radical (unpaired) electrons. The third kappa shape index (κ3) is 14.4. The van der Waals surface area contributed by atoms with Crippen LogP contribution in [0.15, 0.2) is 158 Å². The lowest BCUT2D eigenvalue weighted by atomic mass is 9.92. The Morgan fingerprint density at radius 1 is 0.212 bits per heavy atom. The second kappa shape index (κ2) is 27.1. The second-order valence-electron chi connectivity index (χ2n) is 18.7. The van der Waals surface area contributed by atoms with Crippen LogP contribution < -0.4 is 56.8 Å². The van der Waals surface area contributed by atoms with Crippen molar-refractivity contribution in [2.24, 2.45) is 0 Å². The number of fused-ring (bicyclic) bond motifs is 2. The molecular formula is C66H66O14. The molecule has 0 aromatic heterocycles. The van der Waals surface area contributed by atoms with Gasteiger partial charge >= 0.3 is 0 Å². The van der Waals surface area contributed by atoms with Gasteiger partial charge in [-0.2, -0.15) is 0 Å². The van der Waals surface area contributed by atoms with Crippen LogP contribution in [0.2, 0.25) is 0 Å². The van der Waals surface area contributed by atoms with Gasteiger partial charge < -0.3 is 66.3 Å². The zero-order valence-corrected chi connectivity index (χ0v) is 46.4. The molecular weight excluding hydrogens is 1020 g/mol. The van der Waals surface area contributed by atoms with Crippen LogP contribution in [0.1, 0.15) is 44.5 Å². The first-order valence-corrected chi connectivity index (χ1v) is 25.9. The first kappa shape index (κ1) is 55.8. The molecule has 0 aliphatic carbocycles. The van der Waals surface area contributed by atoms with Crippen LogP contribution in [0.3, 0.4) is 0 Å². The van der Waals surface area contributed by atoms with E-state index in [1.807, 2.05) is 109 Å². The summed E-state index contributed by atoms with van der Waals surface area (Å²) in [5.41, 5.74) is 7.39. The lowest BCUT2D eigenvalue weighted by Crippen LogP contribution is -2.03. The van der Waals surface area contributed by atoms with E-state index in [0.29, 0.717) is 82.2 Å². The summed E-state index contributed by atoms with van der Waals surface area (Å²) in [6.45, 7) is 2.26. The highest BCUT2D eigenvalue weighted by Gasteiger charge is 2.17. The molecule has 0 fully saturated rings. The predicted octanol–water partition coefficient (Wildman–Crippen LogP) is 13.8. The molecule has 0 N–H and O–H groups in total. The summed E-state index contributed by atoms with van der Waals surface area (Å²) in [7, 11) is 13.0. The Bertz CT molecular complexity index is 3010. The Morgan fingerprint density at radius 2 is 0.400 bits per heavy atom. The van der Waals surface area contributed by atoms with Gasteiger partial charge in [0.25, 0.3) is 0 Å². The van der Waals surface area contributed by atoms with Gasteiger partial charge in [-0.3, -0.25) is 0 Å². The van der Waals surface area contributed by atoms with E-state index in [2.05, 4.69) is 48.5 Å². The van der Waals surface area contributed by atoms with Crippen molar-refractivity contribution < 1.29 is 66.3 Å². The predicted molar refractivity (Wildman–Crippen MR) is 307 cm³/mol. The fourth-order valence-electron chi connectivity index (χ4n) is 9.39. The number of rotatable bonds is 28. The van der Waals surface area contributed by atoms with Crippen LogP contribution in [-0.2, 0) is 62.3 Å². The maximum atomic E-state index is 6.67. The summed E-state index contributed by atoms with van der Waals surface area (Å²) in [4.78, 5) is 0. The van der Waals surface area contributed by atoms with Gasteiger partial charge in [0.15, 0.2) is 0 Å². The minimum atomic E-state index is 0.261. The van der Waals surface area contributed by atoms with E-state index in [1.54, 1.807) is 56.9 Å². The zero-order chi connectivity index (χ0) is 55.8. The van der Waals surface area contributed by atoms with Crippen molar-refractivity contribution in [1.29, 1.82) is 0 Å². The average molecular weight is 1080 g/mol. The van der Waals surface area contributed by atoms with Crippen molar-refractivity contribution in [2.45, 2.75) is 52.9 Å². The molecule has 0 spiro atoms. The van der Waals surface area contributed by atoms with E-state index >= 15 is 0 Å². The molecule has 9 aromatic carbocycles. The monoisotopic (exact) mass is 1080 g/mol. The van der Waals surface area contributed by atoms with Gasteiger partial charge in [-0.15, -0.1) is 0 Å². The largest absolute Gasteiger partial charge is 0.497 e. The molecule has 0 heterocycles. The Labute approximate surface area is 467 Å². The normalized spacial score (nSPS) is 11.0. The van der Waals surface area contributed by atoms with Crippen LogP contribution in [0.4, 0.5) is 0 Å². The molecule has 0 atom stereocenters. The first-order valence-electron chi connectivity index (χ1n) is 25.9. The van der Waals surface area contributed by atoms with Crippen molar-refractivity contribution in [3.8, 4) is 69.0 Å². The molecule has 14 nitrogen and oxygen atoms in total. The number of hydrogen-bond acceptors (Lipinski definition) is 14. The minimum Gasteiger partial charge on any atom is -0.497 e. The molecule has 0 saturated heterocycles. The summed E-state index contributed by atoms with van der Waals surface area (Å²) in [6, 6.07) is 51.1. The van der Waals surface area contributed by atoms with Gasteiger partial charge in [0, 0.05) is 36.4 Å². The van der Waals surface area contributed by atoms with Crippen molar-refractivity contribution in [3.05, 3.63) is 202 Å². The molecule has 0 bridgehead atoms. The van der Waals surface area contributed by atoms with Crippen molar-refractivity contribution in [1.82, 2.24) is 0 Å². The standard InChI is InChI=1S/C66H66O14/c1-67-49-17-45(18-50(29-49)68-2)37-77-57-25-43(26-58(33-57)78-38-46-19-51(69-3)30-52(20-46)70-4)35-75-41-65-61-13-9-11-15-63(61)66(64-16-12-10-14-62(64)65)42-76-36-44-27-59(79-39-47-21-53(71-5)31-54(22-47)72-6)34-60(28-44)80-40-48-23-55(73-7)32-56(24-48)74-8/h9-34H,35-42H2,1-8H3. The fraction of sp³-hybridized carbons (Fsp3) is 0.242. The lowest BCUT2D eigenvalue weighted by Gasteiger charge is -2.18. The summed E-state index contributed by atoms with van der Waals surface area (Å²) in [6.07, 6.45) is 0. The van der Waals surface area contributed by atoms with Crippen molar-refractivity contribution in [2.75, 3.05) is 56.9 Å². The third-order valence-corrected chi connectivity index (χ3v) is 13.3. The number of methoxy groups -OCH3 is 8. The van der Waals surface area contributed by atoms with Crippen LogP contribution in [0.5, 0.6) is 69.0 Å². The van der Waals surface area contributed by atoms with Crippen LogP contribution in [0, 0.1) is 0 Å². The Morgan fingerprint density at radius 3 is 0.613 bits per heavy atom. The Hall–Kier alpha value is -8.98. The van der Waals surface area contributed by atoms with Gasteiger partial charge in [-0.05, 0) is 139 Å². The molecule has 0 unspecified atom stereocenters. The second-order valence-corrected chi connectivity index (χ2v) is 18.7. The molecule has 0 aliphatic heterocycles. The average Bonchev–Trinajstić information content (AvgIpc) is 3.59. The topological polar surface area (TPSA) is 129 Å². The first-order chi connectivity index (χ1) is 39.2. The van der Waals surface area contributed by atoms with Crippen LogP contribution >= 0.6 is 0 Å². The van der Waals surface area contributed by atoms with E-state index in [-0.39, 0.29) is 39.6 Å². The number of hydrogen-bond donors (Lipinski definition) is 0. The summed E-state index contributed by atoms with van der Waals surface area (Å²) in [5, 5.41) is 4.29. The third-order valence-electron chi connectivity index (χ3n) is 13.3.